The predicted octanol–water partition coefficient (Wildman–Crippen LogP) is 3.59. The van der Waals surface area contributed by atoms with Crippen molar-refractivity contribution in [1.82, 2.24) is 4.90 Å². The molecular formula is C17H19NO3S. The molecule has 2 aromatic rings. The Morgan fingerprint density at radius 2 is 1.77 bits per heavy atom. The van der Waals surface area contributed by atoms with E-state index in [-0.39, 0.29) is 5.91 Å². The van der Waals surface area contributed by atoms with E-state index in [1.165, 1.54) is 18.4 Å². The lowest BCUT2D eigenvalue weighted by molar-refractivity contribution is 0.0606. The molecule has 0 unspecified atom stereocenters. The number of carbonyl (C=O) groups is 2. The molecule has 0 N–H and O–H groups in total. The molecule has 0 saturated carbocycles. The molecule has 116 valence electrons. The smallest absolute Gasteiger partial charge is 0.348 e. The number of benzene rings is 1. The van der Waals surface area contributed by atoms with Crippen LogP contribution >= 0.6 is 11.3 Å². The predicted molar refractivity (Wildman–Crippen MR) is 87.1 cm³/mol. The number of methoxy groups -OCH3 is 1. The lowest BCUT2D eigenvalue weighted by atomic mass is 10.2. The van der Waals surface area contributed by atoms with Crippen molar-refractivity contribution in [3.8, 4) is 0 Å². The van der Waals surface area contributed by atoms with Gasteiger partial charge in [-0.15, -0.1) is 11.3 Å². The Morgan fingerprint density at radius 3 is 2.41 bits per heavy atom. The second-order valence-corrected chi connectivity index (χ2v) is 5.95. The first kappa shape index (κ1) is 16.2. The Bertz CT molecular complexity index is 636. The zero-order valence-electron chi connectivity index (χ0n) is 12.7. The lowest BCUT2D eigenvalue weighted by Crippen LogP contribution is -2.30. The molecule has 0 aliphatic heterocycles. The van der Waals surface area contributed by atoms with Gasteiger partial charge in [0.05, 0.1) is 12.0 Å². The Kier molecular flexibility index (Phi) is 5.72. The molecule has 0 spiro atoms. The summed E-state index contributed by atoms with van der Waals surface area (Å²) in [6.07, 6.45) is 0.883. The molecule has 1 heterocycles. The van der Waals surface area contributed by atoms with Crippen LogP contribution in [0.4, 0.5) is 0 Å². The molecule has 1 aromatic heterocycles. The van der Waals surface area contributed by atoms with Gasteiger partial charge in [0.2, 0.25) is 0 Å². The number of hydrogen-bond acceptors (Lipinski definition) is 4. The fourth-order valence-electron chi connectivity index (χ4n) is 2.15. The van der Waals surface area contributed by atoms with Crippen LogP contribution in [0.5, 0.6) is 0 Å². The summed E-state index contributed by atoms with van der Waals surface area (Å²) < 4.78 is 4.68. The zero-order chi connectivity index (χ0) is 15.9. The first-order valence-corrected chi connectivity index (χ1v) is 7.98. The number of ether oxygens (including phenoxy) is 1. The molecule has 22 heavy (non-hydrogen) atoms. The molecule has 5 heteroatoms. The second-order valence-electron chi connectivity index (χ2n) is 4.87. The molecule has 4 nitrogen and oxygen atoms in total. The van der Waals surface area contributed by atoms with Crippen molar-refractivity contribution in [3.63, 3.8) is 0 Å². The van der Waals surface area contributed by atoms with Crippen LogP contribution in [0.25, 0.3) is 0 Å². The minimum Gasteiger partial charge on any atom is -0.465 e. The molecule has 1 amide bonds. The summed E-state index contributed by atoms with van der Waals surface area (Å²) in [5.74, 6) is -0.458. The van der Waals surface area contributed by atoms with Crippen LogP contribution in [-0.2, 0) is 11.3 Å². The van der Waals surface area contributed by atoms with E-state index in [1.54, 1.807) is 12.1 Å². The van der Waals surface area contributed by atoms with Gasteiger partial charge in [-0.1, -0.05) is 37.3 Å². The summed E-state index contributed by atoms with van der Waals surface area (Å²) in [7, 11) is 1.34. The van der Waals surface area contributed by atoms with Crippen LogP contribution in [0, 0.1) is 0 Å². The molecule has 2 rings (SSSR count). The van der Waals surface area contributed by atoms with Gasteiger partial charge < -0.3 is 9.64 Å². The van der Waals surface area contributed by atoms with Crippen LogP contribution < -0.4 is 0 Å². The highest BCUT2D eigenvalue weighted by Gasteiger charge is 2.19. The largest absolute Gasteiger partial charge is 0.465 e. The third-order valence-electron chi connectivity index (χ3n) is 3.20. The van der Waals surface area contributed by atoms with E-state index < -0.39 is 5.97 Å². The zero-order valence-corrected chi connectivity index (χ0v) is 13.6. The summed E-state index contributed by atoms with van der Waals surface area (Å²) in [5, 5.41) is 0. The quantitative estimate of drug-likeness (QED) is 0.765. The normalized spacial score (nSPS) is 10.3. The van der Waals surface area contributed by atoms with Gasteiger partial charge >= 0.3 is 5.97 Å². The van der Waals surface area contributed by atoms with Crippen LogP contribution in [0.2, 0.25) is 0 Å². The van der Waals surface area contributed by atoms with Crippen molar-refractivity contribution < 1.29 is 14.3 Å². The van der Waals surface area contributed by atoms with Crippen LogP contribution in [0.15, 0.2) is 42.5 Å². The molecule has 0 saturated heterocycles. The van der Waals surface area contributed by atoms with Crippen molar-refractivity contribution in [3.05, 3.63) is 57.8 Å². The minimum atomic E-state index is -0.408. The van der Waals surface area contributed by atoms with E-state index in [1.807, 2.05) is 42.2 Å². The number of amides is 1. The first-order valence-electron chi connectivity index (χ1n) is 7.17. The van der Waals surface area contributed by atoms with E-state index in [4.69, 9.17) is 0 Å². The fraction of sp³-hybridized carbons (Fsp3) is 0.294. The SMILES string of the molecule is CCCN(Cc1ccccc1)C(=O)c1ccc(C(=O)OC)s1. The summed E-state index contributed by atoms with van der Waals surface area (Å²) in [6.45, 7) is 3.29. The average Bonchev–Trinajstić information content (AvgIpc) is 3.04. The Balaban J connectivity index is 2.15. The molecule has 0 radical (unpaired) electrons. The maximum Gasteiger partial charge on any atom is 0.348 e. The number of nitrogens with zero attached hydrogens (tertiary/aromatic N) is 1. The molecule has 0 atom stereocenters. The van der Waals surface area contributed by atoms with E-state index in [2.05, 4.69) is 4.74 Å². The van der Waals surface area contributed by atoms with E-state index in [9.17, 15) is 9.59 Å². The third-order valence-corrected chi connectivity index (χ3v) is 4.25. The Labute approximate surface area is 134 Å². The molecule has 0 fully saturated rings. The maximum absolute atomic E-state index is 12.6. The van der Waals surface area contributed by atoms with Crippen molar-refractivity contribution >= 4 is 23.2 Å². The van der Waals surface area contributed by atoms with Gasteiger partial charge in [-0.3, -0.25) is 4.79 Å². The molecular weight excluding hydrogens is 298 g/mol. The minimum absolute atomic E-state index is 0.0501. The lowest BCUT2D eigenvalue weighted by Gasteiger charge is -2.21. The van der Waals surface area contributed by atoms with Gasteiger partial charge in [0.1, 0.15) is 4.88 Å². The van der Waals surface area contributed by atoms with Gasteiger partial charge in [0.25, 0.3) is 5.91 Å². The summed E-state index contributed by atoms with van der Waals surface area (Å²) in [5.41, 5.74) is 1.09. The molecule has 0 aliphatic rings. The average molecular weight is 317 g/mol. The number of thiophene rings is 1. The van der Waals surface area contributed by atoms with Crippen LogP contribution in [0.1, 0.15) is 38.3 Å². The molecule has 0 aliphatic carbocycles. The van der Waals surface area contributed by atoms with Crippen LogP contribution in [0.3, 0.4) is 0 Å². The van der Waals surface area contributed by atoms with Gasteiger partial charge in [0.15, 0.2) is 0 Å². The van der Waals surface area contributed by atoms with Crippen molar-refractivity contribution in [2.24, 2.45) is 0 Å². The summed E-state index contributed by atoms with van der Waals surface area (Å²) in [4.78, 5) is 27.0. The second kappa shape index (κ2) is 7.75. The number of esters is 1. The van der Waals surface area contributed by atoms with Gasteiger partial charge in [-0.2, -0.15) is 0 Å². The van der Waals surface area contributed by atoms with Crippen molar-refractivity contribution in [2.75, 3.05) is 13.7 Å². The highest BCUT2D eigenvalue weighted by molar-refractivity contribution is 7.15. The van der Waals surface area contributed by atoms with Crippen molar-refractivity contribution in [1.29, 1.82) is 0 Å². The number of carbonyl (C=O) groups excluding carboxylic acids is 2. The van der Waals surface area contributed by atoms with Gasteiger partial charge in [0, 0.05) is 13.1 Å². The molecule has 0 bridgehead atoms. The topological polar surface area (TPSA) is 46.6 Å². The first-order chi connectivity index (χ1) is 10.7. The fourth-order valence-corrected chi connectivity index (χ4v) is 3.04. The van der Waals surface area contributed by atoms with Crippen LogP contribution in [-0.4, -0.2) is 30.4 Å². The molecule has 1 aromatic carbocycles. The maximum atomic E-state index is 12.6. The van der Waals surface area contributed by atoms with Gasteiger partial charge in [-0.05, 0) is 24.1 Å². The standard InChI is InChI=1S/C17H19NO3S/c1-3-11-18(12-13-7-5-4-6-8-13)16(19)14-9-10-15(22-14)17(20)21-2/h4-10H,3,11-12H2,1-2H3. The van der Waals surface area contributed by atoms with E-state index >= 15 is 0 Å². The summed E-state index contributed by atoms with van der Waals surface area (Å²) >= 11 is 1.17. The van der Waals surface area contributed by atoms with E-state index in [0.717, 1.165) is 12.0 Å². The van der Waals surface area contributed by atoms with E-state index in [0.29, 0.717) is 22.8 Å². The highest BCUT2D eigenvalue weighted by Crippen LogP contribution is 2.20. The number of rotatable bonds is 6. The number of hydrogen-bond donors (Lipinski definition) is 0. The summed E-state index contributed by atoms with van der Waals surface area (Å²) in [6, 6.07) is 13.2. The monoisotopic (exact) mass is 317 g/mol. The van der Waals surface area contributed by atoms with Gasteiger partial charge in [-0.25, -0.2) is 4.79 Å². The Hall–Kier alpha value is -2.14. The Morgan fingerprint density at radius 1 is 1.09 bits per heavy atom. The van der Waals surface area contributed by atoms with Crippen molar-refractivity contribution in [2.45, 2.75) is 19.9 Å². The third kappa shape index (κ3) is 3.95. The highest BCUT2D eigenvalue weighted by atomic mass is 32.1.